The van der Waals surface area contributed by atoms with Gasteiger partial charge in [0.15, 0.2) is 11.4 Å². The Morgan fingerprint density at radius 2 is 1.79 bits per heavy atom. The van der Waals surface area contributed by atoms with Crippen LogP contribution in [0.4, 0.5) is 10.1 Å². The fourth-order valence-corrected chi connectivity index (χ4v) is 6.69. The van der Waals surface area contributed by atoms with Crippen molar-refractivity contribution in [3.8, 4) is 5.75 Å². The maximum absolute atomic E-state index is 16.1. The zero-order chi connectivity index (χ0) is 31.6. The quantitative estimate of drug-likeness (QED) is 0.124. The number of nitrogen functional groups attached to an aromatic ring is 1. The Balaban J connectivity index is 1.88. The van der Waals surface area contributed by atoms with Crippen LogP contribution in [0.3, 0.4) is 0 Å². The van der Waals surface area contributed by atoms with Crippen LogP contribution in [-0.4, -0.2) is 97.6 Å². The predicted molar refractivity (Wildman–Crippen MR) is 146 cm³/mol. The number of benzene rings is 1. The van der Waals surface area contributed by atoms with E-state index in [0.717, 1.165) is 0 Å². The van der Waals surface area contributed by atoms with Gasteiger partial charge in [0.05, 0.1) is 23.8 Å². The number of Topliss-reactive ketones (excluding diaryl/α,β-unsaturated/α-hetero) is 2. The van der Waals surface area contributed by atoms with Crippen LogP contribution in [-0.2, 0) is 27.3 Å². The van der Waals surface area contributed by atoms with E-state index in [-0.39, 0.29) is 43.0 Å². The molecule has 0 unspecified atom stereocenters. The number of allylic oxidation sites excluding steroid dienone is 1. The molecule has 0 aliphatic heterocycles. The van der Waals surface area contributed by atoms with E-state index in [9.17, 15) is 44.7 Å². The van der Waals surface area contributed by atoms with Crippen LogP contribution in [0.2, 0.25) is 0 Å². The van der Waals surface area contributed by atoms with Crippen LogP contribution in [0, 0.1) is 23.6 Å². The van der Waals surface area contributed by atoms with Crippen LogP contribution in [0.25, 0.3) is 0 Å². The van der Waals surface area contributed by atoms with Gasteiger partial charge >= 0.3 is 5.97 Å². The first kappa shape index (κ1) is 30.9. The van der Waals surface area contributed by atoms with Gasteiger partial charge in [0.25, 0.3) is 5.91 Å². The summed E-state index contributed by atoms with van der Waals surface area (Å²) in [6.45, 7) is 3.26. The number of ketones is 2. The van der Waals surface area contributed by atoms with Crippen molar-refractivity contribution < 1.29 is 49.1 Å². The molecule has 0 spiro atoms. The molecule has 0 saturated heterocycles. The van der Waals surface area contributed by atoms with Crippen LogP contribution < -0.4 is 11.5 Å². The first-order chi connectivity index (χ1) is 19.4. The summed E-state index contributed by atoms with van der Waals surface area (Å²) in [6, 6.07) is -1.18. The summed E-state index contributed by atoms with van der Waals surface area (Å²) in [4.78, 5) is 53.5. The molecule has 3 aliphatic rings. The average Bonchev–Trinajstić information content (AvgIpc) is 2.86. The maximum atomic E-state index is 16.1. The molecule has 228 valence electrons. The number of aliphatic carboxylic acids is 1. The number of hydrogen-bond donors (Lipinski definition) is 7. The lowest BCUT2D eigenvalue weighted by molar-refractivity contribution is -0.148. The van der Waals surface area contributed by atoms with E-state index in [1.807, 2.05) is 13.8 Å². The SMILES string of the molecule is CC(C)CN(CC(=O)O)Cc1c(N)c(O)c2c(c1F)C[C@H]1C[C@H]3[C@H](N(C)C)C(O)=C(C(N)=O)C(=O)[C@@]3(O)C(O)=C1C2=O. The topological polar surface area (TPSA) is 228 Å². The minimum absolute atomic E-state index is 0.0153. The smallest absolute Gasteiger partial charge is 0.317 e. The van der Waals surface area contributed by atoms with Crippen molar-refractivity contribution in [3.63, 3.8) is 0 Å². The van der Waals surface area contributed by atoms with Crippen molar-refractivity contribution in [2.45, 2.75) is 44.9 Å². The summed E-state index contributed by atoms with van der Waals surface area (Å²) in [5, 5.41) is 54.1. The number of carbonyl (C=O) groups excluding carboxylic acids is 3. The number of carboxylic acids is 1. The number of rotatable bonds is 8. The summed E-state index contributed by atoms with van der Waals surface area (Å²) >= 11 is 0. The Kier molecular flexibility index (Phi) is 7.86. The molecule has 0 bridgehead atoms. The molecule has 1 aromatic carbocycles. The van der Waals surface area contributed by atoms with E-state index in [1.54, 1.807) is 0 Å². The fourth-order valence-electron chi connectivity index (χ4n) is 6.69. The molecule has 0 aromatic heterocycles. The molecule has 0 radical (unpaired) electrons. The number of anilines is 1. The number of nitrogens with two attached hydrogens (primary N) is 2. The third-order valence-electron chi connectivity index (χ3n) is 8.33. The molecule has 14 heteroatoms. The number of halogens is 1. The largest absolute Gasteiger partial charge is 0.510 e. The lowest BCUT2D eigenvalue weighted by Gasteiger charge is -2.50. The van der Waals surface area contributed by atoms with Crippen molar-refractivity contribution in [1.29, 1.82) is 0 Å². The van der Waals surface area contributed by atoms with Crippen LogP contribution >= 0.6 is 0 Å². The first-order valence-electron chi connectivity index (χ1n) is 13.3. The van der Waals surface area contributed by atoms with Gasteiger partial charge in [-0.05, 0) is 38.8 Å². The van der Waals surface area contributed by atoms with E-state index in [0.29, 0.717) is 0 Å². The summed E-state index contributed by atoms with van der Waals surface area (Å²) in [5.74, 6) is -10.6. The summed E-state index contributed by atoms with van der Waals surface area (Å²) < 4.78 is 16.1. The van der Waals surface area contributed by atoms with Gasteiger partial charge in [-0.15, -0.1) is 0 Å². The number of aromatic hydroxyl groups is 1. The Labute approximate surface area is 240 Å². The molecular weight excluding hydrogens is 555 g/mol. The predicted octanol–water partition coefficient (Wildman–Crippen LogP) is 0.385. The molecule has 0 fully saturated rings. The molecule has 1 aromatic rings. The minimum atomic E-state index is -2.82. The maximum Gasteiger partial charge on any atom is 0.317 e. The van der Waals surface area contributed by atoms with E-state index in [1.165, 1.54) is 23.9 Å². The Morgan fingerprint density at radius 3 is 2.31 bits per heavy atom. The van der Waals surface area contributed by atoms with Gasteiger partial charge in [-0.25, -0.2) is 4.39 Å². The van der Waals surface area contributed by atoms with E-state index in [4.69, 9.17) is 11.5 Å². The molecule has 1 amide bonds. The molecule has 4 rings (SSSR count). The first-order valence-corrected chi connectivity index (χ1v) is 13.3. The van der Waals surface area contributed by atoms with E-state index >= 15 is 4.39 Å². The number of hydrogen-bond acceptors (Lipinski definition) is 11. The van der Waals surface area contributed by atoms with Crippen LogP contribution in [0.15, 0.2) is 22.7 Å². The summed E-state index contributed by atoms with van der Waals surface area (Å²) in [6.07, 6.45) is -0.464. The second-order valence-electron chi connectivity index (χ2n) is 11.8. The molecule has 13 nitrogen and oxygen atoms in total. The second-order valence-corrected chi connectivity index (χ2v) is 11.8. The third-order valence-corrected chi connectivity index (χ3v) is 8.33. The Morgan fingerprint density at radius 1 is 1.17 bits per heavy atom. The normalized spacial score (nSPS) is 25.7. The molecule has 42 heavy (non-hydrogen) atoms. The van der Waals surface area contributed by atoms with Crippen molar-refractivity contribution >= 4 is 29.1 Å². The van der Waals surface area contributed by atoms with Crippen molar-refractivity contribution in [2.24, 2.45) is 23.5 Å². The van der Waals surface area contributed by atoms with Crippen molar-refractivity contribution in [2.75, 3.05) is 32.9 Å². The number of primary amides is 1. The third kappa shape index (κ3) is 4.59. The molecule has 0 heterocycles. The highest BCUT2D eigenvalue weighted by molar-refractivity contribution is 6.24. The van der Waals surface area contributed by atoms with Gasteiger partial charge < -0.3 is 37.0 Å². The zero-order valence-corrected chi connectivity index (χ0v) is 23.6. The molecule has 9 N–H and O–H groups in total. The highest BCUT2D eigenvalue weighted by Gasteiger charge is 2.63. The molecule has 3 aliphatic carbocycles. The number of phenols is 1. The number of phenolic OH excluding ortho intramolecular Hbond substituents is 1. The standard InChI is InChI=1S/C28H35FN4O9/c1-10(2)7-33(9-15(34)35)8-13-19(29)12-5-11-6-14-21(32(3)4)24(38)18(27(31)41)26(40)28(14,42)25(39)16(11)22(36)17(12)23(37)20(13)30/h10-11,14,21,37-39,42H,5-9,30H2,1-4H3,(H2,31,41)(H,34,35)/t11-,14-,21-,28-/m0/s1. The summed E-state index contributed by atoms with van der Waals surface area (Å²) in [5.41, 5.74) is 5.73. The Bertz CT molecular complexity index is 1470. The number of likely N-dealkylation sites (N-methyl/N-ethyl adjacent to an activating group) is 1. The number of aliphatic hydroxyl groups is 3. The number of carbonyl (C=O) groups is 4. The molecular formula is C28H35FN4O9. The van der Waals surface area contributed by atoms with E-state index < -0.39 is 98.9 Å². The Hall–Kier alpha value is -4.01. The van der Waals surface area contributed by atoms with Gasteiger partial charge in [-0.2, -0.15) is 0 Å². The van der Waals surface area contributed by atoms with E-state index in [2.05, 4.69) is 0 Å². The lowest BCUT2D eigenvalue weighted by atomic mass is 9.58. The number of aliphatic hydroxyl groups excluding tert-OH is 2. The number of carboxylic acid groups (broad SMARTS) is 1. The van der Waals surface area contributed by atoms with Gasteiger partial charge in [0, 0.05) is 35.7 Å². The highest BCUT2D eigenvalue weighted by atomic mass is 19.1. The summed E-state index contributed by atoms with van der Waals surface area (Å²) in [7, 11) is 3.00. The second kappa shape index (κ2) is 10.7. The number of fused-ring (bicyclic) bond motifs is 3. The zero-order valence-electron chi connectivity index (χ0n) is 23.6. The fraction of sp³-hybridized carbons (Fsp3) is 0.500. The number of amides is 1. The molecule has 4 atom stereocenters. The average molecular weight is 591 g/mol. The number of nitrogens with zero attached hydrogens (tertiary/aromatic N) is 2. The highest BCUT2D eigenvalue weighted by Crippen LogP contribution is 2.53. The van der Waals surface area contributed by atoms with Gasteiger partial charge in [0.2, 0.25) is 5.78 Å². The van der Waals surface area contributed by atoms with Gasteiger partial charge in [-0.3, -0.25) is 29.0 Å². The molecule has 0 saturated carbocycles. The van der Waals surface area contributed by atoms with Crippen molar-refractivity contribution in [1.82, 2.24) is 9.80 Å². The van der Waals surface area contributed by atoms with Crippen LogP contribution in [0.5, 0.6) is 5.75 Å². The van der Waals surface area contributed by atoms with Crippen LogP contribution in [0.1, 0.15) is 41.8 Å². The lowest BCUT2D eigenvalue weighted by Crippen LogP contribution is -2.63. The monoisotopic (exact) mass is 590 g/mol. The van der Waals surface area contributed by atoms with Gasteiger partial charge in [-0.1, -0.05) is 13.8 Å². The minimum Gasteiger partial charge on any atom is -0.510 e. The van der Waals surface area contributed by atoms with Crippen molar-refractivity contribution in [3.05, 3.63) is 45.2 Å². The van der Waals surface area contributed by atoms with Gasteiger partial charge in [0.1, 0.15) is 28.7 Å².